The predicted octanol–water partition coefficient (Wildman–Crippen LogP) is 2.38. The Morgan fingerprint density at radius 3 is 2.83 bits per heavy atom. The van der Waals surface area contributed by atoms with Gasteiger partial charge in [-0.15, -0.1) is 0 Å². The third-order valence-electron chi connectivity index (χ3n) is 3.74. The molecule has 0 saturated heterocycles. The van der Waals surface area contributed by atoms with E-state index in [0.717, 1.165) is 29.2 Å². The van der Waals surface area contributed by atoms with Crippen LogP contribution in [0.25, 0.3) is 0 Å². The largest absolute Gasteiger partial charge is 0.383 e. The Balaban J connectivity index is 2.05. The lowest BCUT2D eigenvalue weighted by Gasteiger charge is -2.07. The molecular weight excluding hydrogens is 290 g/mol. The average Bonchev–Trinajstić information content (AvgIpc) is 2.77. The molecular formula is C17H25N5O. The first-order valence-corrected chi connectivity index (χ1v) is 7.66. The summed E-state index contributed by atoms with van der Waals surface area (Å²) in [6.07, 6.45) is 0. The molecule has 0 atom stereocenters. The highest BCUT2D eigenvalue weighted by Gasteiger charge is 2.10. The number of guanidine groups is 1. The number of methoxy groups -OCH3 is 1. The molecule has 23 heavy (non-hydrogen) atoms. The van der Waals surface area contributed by atoms with Gasteiger partial charge < -0.3 is 15.8 Å². The molecule has 6 nitrogen and oxygen atoms in total. The number of aliphatic imine (C=N–C) groups is 1. The van der Waals surface area contributed by atoms with Gasteiger partial charge in [0.1, 0.15) is 0 Å². The van der Waals surface area contributed by atoms with Crippen molar-refractivity contribution >= 4 is 11.6 Å². The quantitative estimate of drug-likeness (QED) is 0.634. The Kier molecular flexibility index (Phi) is 5.76. The van der Waals surface area contributed by atoms with E-state index in [4.69, 9.17) is 10.5 Å². The van der Waals surface area contributed by atoms with E-state index in [-0.39, 0.29) is 0 Å². The Hall–Kier alpha value is -2.34. The van der Waals surface area contributed by atoms with Crippen molar-refractivity contribution in [2.24, 2.45) is 10.7 Å². The molecule has 2 rings (SSSR count). The molecule has 0 aliphatic carbocycles. The number of nitrogens with two attached hydrogens (primary N) is 1. The highest BCUT2D eigenvalue weighted by atomic mass is 16.5. The summed E-state index contributed by atoms with van der Waals surface area (Å²) in [5, 5.41) is 7.64. The second-order valence-corrected chi connectivity index (χ2v) is 5.56. The number of nitrogens with one attached hydrogen (secondary N) is 1. The zero-order valence-corrected chi connectivity index (χ0v) is 14.3. The maximum Gasteiger partial charge on any atom is 0.193 e. The number of hydrogen-bond acceptors (Lipinski definition) is 3. The number of nitrogens with zero attached hydrogens (tertiary/aromatic N) is 3. The van der Waals surface area contributed by atoms with Crippen molar-refractivity contribution in [2.45, 2.75) is 33.9 Å². The molecule has 0 aliphatic rings. The lowest BCUT2D eigenvalue weighted by molar-refractivity contribution is 0.182. The Morgan fingerprint density at radius 2 is 2.13 bits per heavy atom. The van der Waals surface area contributed by atoms with E-state index in [1.54, 1.807) is 7.11 Å². The molecule has 0 unspecified atom stereocenters. The van der Waals surface area contributed by atoms with Gasteiger partial charge in [0.15, 0.2) is 5.96 Å². The van der Waals surface area contributed by atoms with Gasteiger partial charge in [-0.05, 0) is 38.5 Å². The fraction of sp³-hybridized carbons (Fsp3) is 0.412. The number of aromatic nitrogens is 2. The Bertz CT molecular complexity index is 690. The topological polar surface area (TPSA) is 77.5 Å². The molecule has 3 N–H and O–H groups in total. The van der Waals surface area contributed by atoms with Crippen molar-refractivity contribution in [1.82, 2.24) is 9.78 Å². The Labute approximate surface area is 137 Å². The molecule has 124 valence electrons. The first-order chi connectivity index (χ1) is 11.0. The minimum Gasteiger partial charge on any atom is -0.383 e. The summed E-state index contributed by atoms with van der Waals surface area (Å²) in [7, 11) is 1.69. The van der Waals surface area contributed by atoms with E-state index >= 15 is 0 Å². The van der Waals surface area contributed by atoms with Crippen LogP contribution in [-0.4, -0.2) is 29.5 Å². The summed E-state index contributed by atoms with van der Waals surface area (Å²) in [5.41, 5.74) is 11.3. The molecule has 1 aromatic heterocycles. The van der Waals surface area contributed by atoms with E-state index in [1.165, 1.54) is 5.56 Å². The molecule has 0 radical (unpaired) electrons. The molecule has 0 aliphatic heterocycles. The van der Waals surface area contributed by atoms with E-state index in [9.17, 15) is 0 Å². The zero-order chi connectivity index (χ0) is 16.8. The van der Waals surface area contributed by atoms with Crippen molar-refractivity contribution in [3.63, 3.8) is 0 Å². The van der Waals surface area contributed by atoms with Crippen LogP contribution in [0.5, 0.6) is 0 Å². The van der Waals surface area contributed by atoms with Gasteiger partial charge >= 0.3 is 0 Å². The highest BCUT2D eigenvalue weighted by molar-refractivity contribution is 5.92. The fourth-order valence-electron chi connectivity index (χ4n) is 2.43. The van der Waals surface area contributed by atoms with E-state index in [2.05, 4.69) is 15.4 Å². The van der Waals surface area contributed by atoms with Crippen molar-refractivity contribution in [3.8, 4) is 0 Å². The van der Waals surface area contributed by atoms with E-state index in [0.29, 0.717) is 19.1 Å². The molecule has 0 amide bonds. The standard InChI is InChI=1S/C17H25N5O/c1-12-6-5-7-15(10-12)20-17(18)19-11-16-13(2)21-22(14(16)3)8-9-23-4/h5-7,10H,8-9,11H2,1-4H3,(H3,18,19,20). The lowest BCUT2D eigenvalue weighted by atomic mass is 10.2. The van der Waals surface area contributed by atoms with Crippen LogP contribution in [0.4, 0.5) is 5.69 Å². The van der Waals surface area contributed by atoms with Crippen molar-refractivity contribution < 1.29 is 4.74 Å². The van der Waals surface area contributed by atoms with Gasteiger partial charge in [0.25, 0.3) is 0 Å². The summed E-state index contributed by atoms with van der Waals surface area (Å²) >= 11 is 0. The van der Waals surface area contributed by atoms with Crippen LogP contribution in [-0.2, 0) is 17.8 Å². The van der Waals surface area contributed by atoms with Crippen LogP contribution >= 0.6 is 0 Å². The first-order valence-electron chi connectivity index (χ1n) is 7.66. The summed E-state index contributed by atoms with van der Waals surface area (Å²) in [4.78, 5) is 4.43. The molecule has 1 heterocycles. The fourth-order valence-corrected chi connectivity index (χ4v) is 2.43. The smallest absolute Gasteiger partial charge is 0.193 e. The number of benzene rings is 1. The lowest BCUT2D eigenvalue weighted by Crippen LogP contribution is -2.22. The summed E-state index contributed by atoms with van der Waals surface area (Å²) in [5.74, 6) is 0.402. The molecule has 0 fully saturated rings. The van der Waals surface area contributed by atoms with Crippen LogP contribution < -0.4 is 11.1 Å². The van der Waals surface area contributed by atoms with Gasteiger partial charge in [0.2, 0.25) is 0 Å². The van der Waals surface area contributed by atoms with Crippen LogP contribution in [0.2, 0.25) is 0 Å². The second kappa shape index (κ2) is 7.78. The normalized spacial score (nSPS) is 11.7. The number of hydrogen-bond donors (Lipinski definition) is 2. The SMILES string of the molecule is COCCn1nc(C)c(CN=C(N)Nc2cccc(C)c2)c1C. The molecule has 2 aromatic rings. The van der Waals surface area contributed by atoms with Crippen molar-refractivity contribution in [2.75, 3.05) is 19.0 Å². The van der Waals surface area contributed by atoms with Gasteiger partial charge in [-0.25, -0.2) is 4.99 Å². The minimum absolute atomic E-state index is 0.402. The highest BCUT2D eigenvalue weighted by Crippen LogP contribution is 2.14. The van der Waals surface area contributed by atoms with Crippen LogP contribution in [0, 0.1) is 20.8 Å². The van der Waals surface area contributed by atoms with Gasteiger partial charge in [-0.1, -0.05) is 12.1 Å². The van der Waals surface area contributed by atoms with Crippen molar-refractivity contribution in [3.05, 3.63) is 46.8 Å². The first kappa shape index (κ1) is 17.0. The van der Waals surface area contributed by atoms with Gasteiger partial charge in [-0.2, -0.15) is 5.10 Å². The monoisotopic (exact) mass is 315 g/mol. The molecule has 6 heteroatoms. The van der Waals surface area contributed by atoms with Gasteiger partial charge in [0, 0.05) is 24.1 Å². The maximum atomic E-state index is 5.98. The number of rotatable bonds is 6. The average molecular weight is 315 g/mol. The predicted molar refractivity (Wildman–Crippen MR) is 93.7 cm³/mol. The third-order valence-corrected chi connectivity index (χ3v) is 3.74. The van der Waals surface area contributed by atoms with Crippen LogP contribution in [0.1, 0.15) is 22.5 Å². The third kappa shape index (κ3) is 4.56. The summed E-state index contributed by atoms with van der Waals surface area (Å²) < 4.78 is 7.06. The second-order valence-electron chi connectivity index (χ2n) is 5.56. The molecule has 0 saturated carbocycles. The molecule has 0 spiro atoms. The van der Waals surface area contributed by atoms with Gasteiger partial charge in [0.05, 0.1) is 25.4 Å². The molecule has 0 bridgehead atoms. The summed E-state index contributed by atoms with van der Waals surface area (Å²) in [6.45, 7) is 7.97. The molecule has 1 aromatic carbocycles. The summed E-state index contributed by atoms with van der Waals surface area (Å²) in [6, 6.07) is 8.02. The minimum atomic E-state index is 0.402. The number of aryl methyl sites for hydroxylation is 2. The van der Waals surface area contributed by atoms with Crippen molar-refractivity contribution in [1.29, 1.82) is 0 Å². The van der Waals surface area contributed by atoms with E-state index < -0.39 is 0 Å². The van der Waals surface area contributed by atoms with E-state index in [1.807, 2.05) is 49.7 Å². The van der Waals surface area contributed by atoms with Crippen LogP contribution in [0.3, 0.4) is 0 Å². The maximum absolute atomic E-state index is 5.98. The number of anilines is 1. The number of ether oxygens (including phenoxy) is 1. The Morgan fingerprint density at radius 1 is 1.35 bits per heavy atom. The zero-order valence-electron chi connectivity index (χ0n) is 14.3. The van der Waals surface area contributed by atoms with Crippen LogP contribution in [0.15, 0.2) is 29.3 Å². The van der Waals surface area contributed by atoms with Gasteiger partial charge in [-0.3, -0.25) is 4.68 Å².